The van der Waals surface area contributed by atoms with Gasteiger partial charge < -0.3 is 10.1 Å². The quantitative estimate of drug-likeness (QED) is 0.620. The third kappa shape index (κ3) is 5.02. The average molecular weight is 326 g/mol. The van der Waals surface area contributed by atoms with Gasteiger partial charge in [0.15, 0.2) is 6.61 Å². The minimum atomic E-state index is -2.54. The number of hydrogen-bond donors (Lipinski definition) is 1. The largest absolute Gasteiger partial charge is 0.484 e. The summed E-state index contributed by atoms with van der Waals surface area (Å²) >= 11 is 0. The van der Waals surface area contributed by atoms with Crippen LogP contribution < -0.4 is 10.1 Å². The Morgan fingerprint density at radius 3 is 2.70 bits per heavy atom. The molecule has 1 N–H and O–H groups in total. The van der Waals surface area contributed by atoms with Crippen molar-refractivity contribution in [3.8, 4) is 5.75 Å². The molecule has 1 amide bonds. The monoisotopic (exact) mass is 326 g/mol. The summed E-state index contributed by atoms with van der Waals surface area (Å²) in [5.41, 5.74) is 0.177. The molecule has 1 aromatic carbocycles. The van der Waals surface area contributed by atoms with E-state index < -0.39 is 23.8 Å². The van der Waals surface area contributed by atoms with E-state index in [4.69, 9.17) is 4.74 Å². The Morgan fingerprint density at radius 2 is 2.09 bits per heavy atom. The van der Waals surface area contributed by atoms with E-state index in [0.717, 1.165) is 4.68 Å². The van der Waals surface area contributed by atoms with Crippen LogP contribution >= 0.6 is 0 Å². The molecule has 10 heteroatoms. The second kappa shape index (κ2) is 7.29. The second-order valence-corrected chi connectivity index (χ2v) is 4.43. The highest BCUT2D eigenvalue weighted by atomic mass is 19.3. The Kier molecular flexibility index (Phi) is 5.18. The summed E-state index contributed by atoms with van der Waals surface area (Å²) in [5.74, 6) is -0.223. The summed E-state index contributed by atoms with van der Waals surface area (Å²) in [4.78, 5) is 21.6. The van der Waals surface area contributed by atoms with Gasteiger partial charge >= 0.3 is 0 Å². The summed E-state index contributed by atoms with van der Waals surface area (Å²) < 4.78 is 30.5. The van der Waals surface area contributed by atoms with Gasteiger partial charge in [0.25, 0.3) is 18.0 Å². The van der Waals surface area contributed by atoms with Crippen LogP contribution in [0.1, 0.15) is 0 Å². The third-order valence-corrected chi connectivity index (χ3v) is 2.66. The van der Waals surface area contributed by atoms with E-state index in [0.29, 0.717) is 5.75 Å². The van der Waals surface area contributed by atoms with Crippen molar-refractivity contribution in [2.24, 2.45) is 0 Å². The zero-order chi connectivity index (χ0) is 16.8. The molecule has 1 heterocycles. The first-order valence-corrected chi connectivity index (χ1v) is 6.42. The molecule has 0 fully saturated rings. The summed E-state index contributed by atoms with van der Waals surface area (Å²) in [6.45, 7) is -0.896. The Balaban J connectivity index is 1.82. The van der Waals surface area contributed by atoms with Gasteiger partial charge in [0.1, 0.15) is 12.3 Å². The fraction of sp³-hybridized carbons (Fsp3) is 0.231. The summed E-state index contributed by atoms with van der Waals surface area (Å²) in [5, 5.41) is 16.6. The van der Waals surface area contributed by atoms with Crippen molar-refractivity contribution in [2.75, 3.05) is 11.9 Å². The van der Waals surface area contributed by atoms with Crippen molar-refractivity contribution in [2.45, 2.75) is 13.0 Å². The van der Waals surface area contributed by atoms with Crippen molar-refractivity contribution in [3.05, 3.63) is 46.8 Å². The van der Waals surface area contributed by atoms with Gasteiger partial charge in [-0.1, -0.05) is 0 Å². The smallest absolute Gasteiger partial charge is 0.269 e. The van der Waals surface area contributed by atoms with E-state index in [1.165, 1.54) is 36.7 Å². The van der Waals surface area contributed by atoms with Gasteiger partial charge in [0, 0.05) is 18.3 Å². The lowest BCUT2D eigenvalue weighted by atomic mass is 10.3. The van der Waals surface area contributed by atoms with Crippen LogP contribution in [0.4, 0.5) is 20.2 Å². The SMILES string of the molecule is O=C(COc1ccc([N+](=O)[O-])cc1)Nc1cnn(CC(F)F)c1. The number of alkyl halides is 2. The highest BCUT2D eigenvalue weighted by Gasteiger charge is 2.09. The molecule has 1 aromatic heterocycles. The second-order valence-electron chi connectivity index (χ2n) is 4.43. The Bertz CT molecular complexity index is 688. The first-order valence-electron chi connectivity index (χ1n) is 6.42. The molecule has 0 unspecified atom stereocenters. The molecule has 0 spiro atoms. The maximum atomic E-state index is 12.2. The zero-order valence-electron chi connectivity index (χ0n) is 11.7. The van der Waals surface area contributed by atoms with Crippen LogP contribution in [0.15, 0.2) is 36.7 Å². The van der Waals surface area contributed by atoms with Crippen molar-refractivity contribution in [1.29, 1.82) is 0 Å². The number of ether oxygens (including phenoxy) is 1. The number of halogens is 2. The van der Waals surface area contributed by atoms with Crippen LogP contribution in [-0.4, -0.2) is 33.6 Å². The lowest BCUT2D eigenvalue weighted by Crippen LogP contribution is -2.19. The molecule has 2 rings (SSSR count). The standard InChI is InChI=1S/C13H12F2N4O4/c14-12(15)7-18-6-9(5-16-18)17-13(20)8-23-11-3-1-10(2-4-11)19(21)22/h1-6,12H,7-8H2,(H,17,20). The van der Waals surface area contributed by atoms with Gasteiger partial charge in [-0.3, -0.25) is 19.6 Å². The topological polar surface area (TPSA) is 99.3 Å². The molecule has 0 aliphatic rings. The first-order chi connectivity index (χ1) is 10.9. The van der Waals surface area contributed by atoms with Crippen LogP contribution in [0.25, 0.3) is 0 Å². The number of anilines is 1. The third-order valence-electron chi connectivity index (χ3n) is 2.66. The number of aromatic nitrogens is 2. The molecule has 0 atom stereocenters. The number of amides is 1. The van der Waals surface area contributed by atoms with Crippen LogP contribution in [0, 0.1) is 10.1 Å². The molecular weight excluding hydrogens is 314 g/mol. The number of carbonyl (C=O) groups is 1. The van der Waals surface area contributed by atoms with Gasteiger partial charge in [0.05, 0.1) is 16.8 Å². The number of nitro groups is 1. The van der Waals surface area contributed by atoms with Crippen molar-refractivity contribution in [3.63, 3.8) is 0 Å². The number of benzene rings is 1. The predicted molar refractivity (Wildman–Crippen MR) is 75.5 cm³/mol. The number of nitrogens with zero attached hydrogens (tertiary/aromatic N) is 3. The molecule has 23 heavy (non-hydrogen) atoms. The van der Waals surface area contributed by atoms with Crippen molar-refractivity contribution in [1.82, 2.24) is 9.78 Å². The van der Waals surface area contributed by atoms with E-state index >= 15 is 0 Å². The maximum absolute atomic E-state index is 12.2. The van der Waals surface area contributed by atoms with Crippen molar-refractivity contribution < 1.29 is 23.2 Å². The Hall–Kier alpha value is -3.04. The number of nitrogens with one attached hydrogen (secondary N) is 1. The number of carbonyl (C=O) groups excluding carboxylic acids is 1. The molecule has 8 nitrogen and oxygen atoms in total. The number of nitro benzene ring substituents is 1. The molecule has 0 bridgehead atoms. The molecule has 0 radical (unpaired) electrons. The number of non-ortho nitro benzene ring substituents is 1. The van der Waals surface area contributed by atoms with E-state index in [9.17, 15) is 23.7 Å². The minimum Gasteiger partial charge on any atom is -0.484 e. The van der Waals surface area contributed by atoms with E-state index in [1.54, 1.807) is 0 Å². The summed E-state index contributed by atoms with van der Waals surface area (Å²) in [6, 6.07) is 5.24. The highest BCUT2D eigenvalue weighted by Crippen LogP contribution is 2.17. The van der Waals surface area contributed by atoms with Gasteiger partial charge in [-0.15, -0.1) is 0 Å². The zero-order valence-corrected chi connectivity index (χ0v) is 11.7. The normalized spacial score (nSPS) is 10.6. The van der Waals surface area contributed by atoms with Crippen molar-refractivity contribution >= 4 is 17.3 Å². The molecule has 0 aliphatic heterocycles. The van der Waals surface area contributed by atoms with Gasteiger partial charge in [-0.25, -0.2) is 8.78 Å². The molecule has 0 saturated heterocycles. The highest BCUT2D eigenvalue weighted by molar-refractivity contribution is 5.91. The van der Waals surface area contributed by atoms with Crippen LogP contribution in [0.5, 0.6) is 5.75 Å². The lowest BCUT2D eigenvalue weighted by molar-refractivity contribution is -0.384. The number of hydrogen-bond acceptors (Lipinski definition) is 5. The van der Waals surface area contributed by atoms with Crippen LogP contribution in [0.2, 0.25) is 0 Å². The predicted octanol–water partition coefficient (Wildman–Crippen LogP) is 2.07. The van der Waals surface area contributed by atoms with Crippen LogP contribution in [-0.2, 0) is 11.3 Å². The number of rotatable bonds is 7. The lowest BCUT2D eigenvalue weighted by Gasteiger charge is -2.05. The van der Waals surface area contributed by atoms with E-state index in [1.807, 2.05) is 0 Å². The first kappa shape index (κ1) is 16.3. The maximum Gasteiger partial charge on any atom is 0.269 e. The van der Waals surface area contributed by atoms with Gasteiger partial charge in [-0.05, 0) is 12.1 Å². The molecular formula is C13H12F2N4O4. The van der Waals surface area contributed by atoms with Crippen LogP contribution in [0.3, 0.4) is 0 Å². The summed E-state index contributed by atoms with van der Waals surface area (Å²) in [7, 11) is 0. The van der Waals surface area contributed by atoms with Gasteiger partial charge in [-0.2, -0.15) is 5.10 Å². The fourth-order valence-electron chi connectivity index (χ4n) is 1.68. The molecule has 2 aromatic rings. The Morgan fingerprint density at radius 1 is 1.39 bits per heavy atom. The molecule has 122 valence electrons. The van der Waals surface area contributed by atoms with Gasteiger partial charge in [0.2, 0.25) is 0 Å². The average Bonchev–Trinajstić information content (AvgIpc) is 2.91. The molecule has 0 saturated carbocycles. The van der Waals surface area contributed by atoms with E-state index in [2.05, 4.69) is 10.4 Å². The fourth-order valence-corrected chi connectivity index (χ4v) is 1.68. The Labute approximate surface area is 128 Å². The van der Waals surface area contributed by atoms with E-state index in [-0.39, 0.29) is 18.0 Å². The minimum absolute atomic E-state index is 0.0896. The summed E-state index contributed by atoms with van der Waals surface area (Å²) in [6.07, 6.45) is -0.0221. The molecule has 0 aliphatic carbocycles.